The Morgan fingerprint density at radius 2 is 1.57 bits per heavy atom. The van der Waals surface area contributed by atoms with Crippen LogP contribution in [-0.2, 0) is 14.3 Å². The standard InChI is InChI=1S/C16H31NO4/c1-4-6-8-9-10-11-13-21-15(18)14(12-7-5-2)17-16(19)20-3/h14H,4-13H2,1-3H3,(H,17,19). The van der Waals surface area contributed by atoms with Crippen molar-refractivity contribution in [3.63, 3.8) is 0 Å². The van der Waals surface area contributed by atoms with Crippen LogP contribution in [0, 0.1) is 0 Å². The summed E-state index contributed by atoms with van der Waals surface area (Å²) in [6.07, 6.45) is 8.71. The van der Waals surface area contributed by atoms with Crippen molar-refractivity contribution >= 4 is 12.1 Å². The fraction of sp³-hybridized carbons (Fsp3) is 0.875. The molecule has 0 aromatic rings. The van der Waals surface area contributed by atoms with Gasteiger partial charge in [0.15, 0.2) is 0 Å². The molecule has 1 N–H and O–H groups in total. The molecule has 21 heavy (non-hydrogen) atoms. The Labute approximate surface area is 128 Å². The molecule has 0 rings (SSSR count). The van der Waals surface area contributed by atoms with Crippen LogP contribution in [0.2, 0.25) is 0 Å². The lowest BCUT2D eigenvalue weighted by atomic mass is 10.1. The lowest BCUT2D eigenvalue weighted by molar-refractivity contribution is -0.146. The second kappa shape index (κ2) is 13.7. The van der Waals surface area contributed by atoms with Gasteiger partial charge in [-0.25, -0.2) is 9.59 Å². The number of methoxy groups -OCH3 is 1. The minimum Gasteiger partial charge on any atom is -0.464 e. The molecule has 0 radical (unpaired) electrons. The van der Waals surface area contributed by atoms with Gasteiger partial charge >= 0.3 is 12.1 Å². The quantitative estimate of drug-likeness (QED) is 0.440. The lowest BCUT2D eigenvalue weighted by Gasteiger charge is -2.16. The van der Waals surface area contributed by atoms with Crippen molar-refractivity contribution in [2.45, 2.75) is 77.7 Å². The third kappa shape index (κ3) is 11.1. The van der Waals surface area contributed by atoms with Gasteiger partial charge in [-0.3, -0.25) is 0 Å². The molecule has 0 spiro atoms. The highest BCUT2D eigenvalue weighted by Gasteiger charge is 2.21. The van der Waals surface area contributed by atoms with E-state index in [0.29, 0.717) is 13.0 Å². The van der Waals surface area contributed by atoms with Gasteiger partial charge in [-0.1, -0.05) is 58.8 Å². The number of carbonyl (C=O) groups is 2. The van der Waals surface area contributed by atoms with Gasteiger partial charge in [0.25, 0.3) is 0 Å². The van der Waals surface area contributed by atoms with E-state index in [0.717, 1.165) is 25.7 Å². The lowest BCUT2D eigenvalue weighted by Crippen LogP contribution is -2.41. The Balaban J connectivity index is 3.90. The summed E-state index contributed by atoms with van der Waals surface area (Å²) in [5, 5.41) is 2.53. The third-order valence-corrected chi connectivity index (χ3v) is 3.35. The van der Waals surface area contributed by atoms with E-state index in [9.17, 15) is 9.59 Å². The smallest absolute Gasteiger partial charge is 0.407 e. The summed E-state index contributed by atoms with van der Waals surface area (Å²) >= 11 is 0. The number of ether oxygens (including phenoxy) is 2. The second-order valence-corrected chi connectivity index (χ2v) is 5.27. The first-order chi connectivity index (χ1) is 10.2. The molecule has 124 valence electrons. The molecule has 5 nitrogen and oxygen atoms in total. The number of esters is 1. The number of carbonyl (C=O) groups excluding carboxylic acids is 2. The zero-order chi connectivity index (χ0) is 15.9. The van der Waals surface area contributed by atoms with Crippen molar-refractivity contribution < 1.29 is 19.1 Å². The maximum Gasteiger partial charge on any atom is 0.407 e. The minimum absolute atomic E-state index is 0.359. The molecule has 0 aromatic carbocycles. The summed E-state index contributed by atoms with van der Waals surface area (Å²) in [6, 6.07) is -0.600. The normalized spacial score (nSPS) is 11.8. The summed E-state index contributed by atoms with van der Waals surface area (Å²) in [5.74, 6) is -0.359. The second-order valence-electron chi connectivity index (χ2n) is 5.27. The Kier molecular flexibility index (Phi) is 12.9. The fourth-order valence-electron chi connectivity index (χ4n) is 2.01. The Morgan fingerprint density at radius 1 is 0.952 bits per heavy atom. The van der Waals surface area contributed by atoms with E-state index in [4.69, 9.17) is 4.74 Å². The fourth-order valence-corrected chi connectivity index (χ4v) is 2.01. The molecule has 0 aromatic heterocycles. The monoisotopic (exact) mass is 301 g/mol. The molecule has 1 unspecified atom stereocenters. The van der Waals surface area contributed by atoms with Gasteiger partial charge in [-0.15, -0.1) is 0 Å². The molecule has 0 saturated carbocycles. The third-order valence-electron chi connectivity index (χ3n) is 3.35. The predicted octanol–water partition coefficient (Wildman–Crippen LogP) is 3.80. The van der Waals surface area contributed by atoms with E-state index in [1.807, 2.05) is 6.92 Å². The Hall–Kier alpha value is -1.26. The van der Waals surface area contributed by atoms with Gasteiger partial charge in [-0.05, 0) is 12.8 Å². The summed E-state index contributed by atoms with van der Waals surface area (Å²) in [6.45, 7) is 4.65. The molecule has 0 aliphatic carbocycles. The van der Waals surface area contributed by atoms with Crippen LogP contribution in [0.4, 0.5) is 4.79 Å². The molecule has 1 atom stereocenters. The average molecular weight is 301 g/mol. The van der Waals surface area contributed by atoms with Crippen LogP contribution in [0.1, 0.15) is 71.6 Å². The van der Waals surface area contributed by atoms with E-state index in [1.165, 1.54) is 32.8 Å². The van der Waals surface area contributed by atoms with Crippen molar-refractivity contribution in [2.24, 2.45) is 0 Å². The van der Waals surface area contributed by atoms with Gasteiger partial charge in [0.1, 0.15) is 6.04 Å². The number of amides is 1. The predicted molar refractivity (Wildman–Crippen MR) is 83.2 cm³/mol. The van der Waals surface area contributed by atoms with Crippen LogP contribution >= 0.6 is 0 Å². The molecule has 0 heterocycles. The molecule has 5 heteroatoms. The van der Waals surface area contributed by atoms with Gasteiger partial charge < -0.3 is 14.8 Å². The zero-order valence-electron chi connectivity index (χ0n) is 13.8. The van der Waals surface area contributed by atoms with Crippen molar-refractivity contribution in [3.05, 3.63) is 0 Å². The Bertz CT molecular complexity index is 281. The number of hydrogen-bond donors (Lipinski definition) is 1. The summed E-state index contributed by atoms with van der Waals surface area (Å²) in [4.78, 5) is 23.2. The molecule has 0 aliphatic rings. The van der Waals surface area contributed by atoms with E-state index in [-0.39, 0.29) is 5.97 Å². The van der Waals surface area contributed by atoms with Crippen LogP contribution in [-0.4, -0.2) is 31.8 Å². The van der Waals surface area contributed by atoms with Crippen LogP contribution in [0.25, 0.3) is 0 Å². The van der Waals surface area contributed by atoms with Gasteiger partial charge in [0.05, 0.1) is 13.7 Å². The van der Waals surface area contributed by atoms with E-state index >= 15 is 0 Å². The molecular weight excluding hydrogens is 270 g/mol. The van der Waals surface area contributed by atoms with Crippen LogP contribution in [0.3, 0.4) is 0 Å². The number of nitrogens with one attached hydrogen (secondary N) is 1. The molecular formula is C16H31NO4. The highest BCUT2D eigenvalue weighted by molar-refractivity contribution is 5.81. The van der Waals surface area contributed by atoms with Crippen molar-refractivity contribution in [1.82, 2.24) is 5.32 Å². The summed E-state index contributed by atoms with van der Waals surface area (Å²) in [7, 11) is 1.29. The minimum atomic E-state index is -0.600. The van der Waals surface area contributed by atoms with Crippen molar-refractivity contribution in [3.8, 4) is 0 Å². The first-order valence-corrected chi connectivity index (χ1v) is 8.16. The first kappa shape index (κ1) is 19.7. The number of unbranched alkanes of at least 4 members (excludes halogenated alkanes) is 6. The van der Waals surface area contributed by atoms with Crippen LogP contribution in [0.5, 0.6) is 0 Å². The molecule has 0 bridgehead atoms. The maximum absolute atomic E-state index is 11.9. The SMILES string of the molecule is CCCCCCCCOC(=O)C(CCCC)NC(=O)OC. The summed E-state index contributed by atoms with van der Waals surface area (Å²) < 4.78 is 9.78. The largest absolute Gasteiger partial charge is 0.464 e. The number of hydrogen-bond acceptors (Lipinski definition) is 4. The van der Waals surface area contributed by atoms with E-state index in [2.05, 4.69) is 17.0 Å². The van der Waals surface area contributed by atoms with Crippen LogP contribution in [0.15, 0.2) is 0 Å². The zero-order valence-corrected chi connectivity index (χ0v) is 13.8. The van der Waals surface area contributed by atoms with Crippen molar-refractivity contribution in [1.29, 1.82) is 0 Å². The summed E-state index contributed by atoms with van der Waals surface area (Å²) in [5.41, 5.74) is 0. The van der Waals surface area contributed by atoms with E-state index in [1.54, 1.807) is 0 Å². The highest BCUT2D eigenvalue weighted by atomic mass is 16.5. The highest BCUT2D eigenvalue weighted by Crippen LogP contribution is 2.07. The van der Waals surface area contributed by atoms with E-state index < -0.39 is 12.1 Å². The molecule has 0 fully saturated rings. The van der Waals surface area contributed by atoms with Gasteiger partial charge in [-0.2, -0.15) is 0 Å². The number of rotatable bonds is 12. The molecule has 0 saturated heterocycles. The number of alkyl carbamates (subject to hydrolysis) is 1. The first-order valence-electron chi connectivity index (χ1n) is 8.16. The van der Waals surface area contributed by atoms with Crippen LogP contribution < -0.4 is 5.32 Å². The molecule has 0 aliphatic heterocycles. The average Bonchev–Trinajstić information content (AvgIpc) is 2.49. The van der Waals surface area contributed by atoms with Crippen molar-refractivity contribution in [2.75, 3.05) is 13.7 Å². The molecule has 1 amide bonds. The topological polar surface area (TPSA) is 64.6 Å². The van der Waals surface area contributed by atoms with Gasteiger partial charge in [0, 0.05) is 0 Å². The Morgan fingerprint density at radius 3 is 2.19 bits per heavy atom. The maximum atomic E-state index is 11.9. The van der Waals surface area contributed by atoms with Gasteiger partial charge in [0.2, 0.25) is 0 Å².